The third kappa shape index (κ3) is 15.9. The largest absolute Gasteiger partial charge is 0.493 e. The Morgan fingerprint density at radius 2 is 0.488 bits per heavy atom. The fourth-order valence-corrected chi connectivity index (χ4v) is 33.6. The molecule has 4 aromatic carbocycles. The van der Waals surface area contributed by atoms with Crippen molar-refractivity contribution in [3.05, 3.63) is 166 Å². The highest BCUT2D eigenvalue weighted by molar-refractivity contribution is 8.46. The van der Waals surface area contributed by atoms with Gasteiger partial charge in [-0.2, -0.15) is 0 Å². The maximum atomic E-state index is 7.15. The lowest BCUT2D eigenvalue weighted by molar-refractivity contribution is 0.304. The van der Waals surface area contributed by atoms with E-state index < -0.39 is 0 Å². The summed E-state index contributed by atoms with van der Waals surface area (Å²) in [6.07, 6.45) is 6.48. The van der Waals surface area contributed by atoms with Crippen molar-refractivity contribution in [1.82, 2.24) is 0 Å². The Labute approximate surface area is 568 Å². The molecule has 0 radical (unpaired) electrons. The number of ether oxygens (including phenoxy) is 4. The molecule has 1 aliphatic carbocycles. The standard InChI is InChI=1S/C64H72O4S16/c1-9-17-65-49-41-21-37-25-45(49)31-46-26-39-23-43(51(46)67-19-11-3)30-44-24-40(36-76-60-59(75-35-39)83-64(84-60)62-79-55(71-15-7)56(80-62)72-16-8)28-48(52(44)68-20-12-4)32-47-27-38(22-42(29-41)50(47)66-18-10-2)34-74-58-57(73-33-37)81-63(82-58)61-77-53(69-13-5)54(78-61)70-14-6/h21-28H,9-20,29-36H2,1-8H3. The molecule has 0 N–H and O–H groups in total. The van der Waals surface area contributed by atoms with Gasteiger partial charge in [-0.25, -0.2) is 0 Å². The molecule has 6 heterocycles. The predicted molar refractivity (Wildman–Crippen MR) is 401 cm³/mol. The Morgan fingerprint density at radius 1 is 0.286 bits per heavy atom. The van der Waals surface area contributed by atoms with Crippen molar-refractivity contribution in [1.29, 1.82) is 0 Å². The summed E-state index contributed by atoms with van der Waals surface area (Å²) in [6.45, 7) is 20.6. The Kier molecular flexibility index (Phi) is 25.1. The molecular weight excluding hydrogens is 1350 g/mol. The van der Waals surface area contributed by atoms with Gasteiger partial charge in [-0.1, -0.05) is 198 Å². The van der Waals surface area contributed by atoms with Crippen molar-refractivity contribution < 1.29 is 18.9 Å². The van der Waals surface area contributed by atoms with E-state index >= 15 is 0 Å². The summed E-state index contributed by atoms with van der Waals surface area (Å²) in [5.41, 5.74) is 15.1. The van der Waals surface area contributed by atoms with Crippen LogP contribution in [0.15, 0.2) is 99.4 Å². The zero-order valence-corrected chi connectivity index (χ0v) is 62.0. The van der Waals surface area contributed by atoms with Gasteiger partial charge in [-0.05, 0) is 115 Å². The first-order valence-electron chi connectivity index (χ1n) is 29.2. The van der Waals surface area contributed by atoms with Crippen molar-refractivity contribution in [3.8, 4) is 23.0 Å². The van der Waals surface area contributed by atoms with Crippen LogP contribution in [0.5, 0.6) is 23.0 Å². The van der Waals surface area contributed by atoms with Crippen molar-refractivity contribution in [2.45, 2.75) is 130 Å². The van der Waals surface area contributed by atoms with Gasteiger partial charge in [0.2, 0.25) is 0 Å². The molecular formula is C64H72O4S16. The molecule has 11 rings (SSSR count). The second kappa shape index (κ2) is 32.1. The van der Waals surface area contributed by atoms with E-state index in [0.717, 1.165) is 94.7 Å². The summed E-state index contributed by atoms with van der Waals surface area (Å²) in [4.78, 5) is 0. The summed E-state index contributed by atoms with van der Waals surface area (Å²) < 4.78 is 45.9. The Morgan fingerprint density at radius 3 is 0.679 bits per heavy atom. The highest BCUT2D eigenvalue weighted by Crippen LogP contribution is 2.68. The van der Waals surface area contributed by atoms with Crippen molar-refractivity contribution in [2.75, 3.05) is 49.4 Å². The van der Waals surface area contributed by atoms with Crippen LogP contribution in [0, 0.1) is 0 Å². The molecule has 0 unspecified atom stereocenters. The maximum Gasteiger partial charge on any atom is 0.126 e. The van der Waals surface area contributed by atoms with Crippen molar-refractivity contribution in [3.63, 3.8) is 0 Å². The first-order valence-corrected chi connectivity index (χ1v) is 43.6. The van der Waals surface area contributed by atoms with Crippen LogP contribution >= 0.6 is 188 Å². The van der Waals surface area contributed by atoms with E-state index in [0.29, 0.717) is 52.1 Å². The van der Waals surface area contributed by atoms with Crippen LogP contribution in [-0.4, -0.2) is 49.4 Å². The summed E-state index contributed by atoms with van der Waals surface area (Å²) in [7, 11) is 0. The minimum absolute atomic E-state index is 0.644. The molecule has 0 saturated heterocycles. The lowest BCUT2D eigenvalue weighted by Gasteiger charge is -2.25. The first kappa shape index (κ1) is 65.6. The topological polar surface area (TPSA) is 36.9 Å². The van der Waals surface area contributed by atoms with E-state index in [4.69, 9.17) is 18.9 Å². The minimum Gasteiger partial charge on any atom is -0.493 e. The van der Waals surface area contributed by atoms with Crippen LogP contribution in [-0.2, 0) is 48.7 Å². The summed E-state index contributed by atoms with van der Waals surface area (Å²) in [6, 6.07) is 19.9. The molecule has 0 spiro atoms. The SMILES string of the molecule is CCCOc1c2cc3cc1Cc1cc4cc(c1OCCC)Cc1cc(cc(c1OCCC)Cc1cc(cc(c1OCCC)C2)CSC1=C(SC3)SC(=C2SC(SCC)=C(SCC)S2)S1)CSC1=C(SC4)SC(=C2SC(SCC)=C(SCC)S2)S1. The van der Waals surface area contributed by atoms with Gasteiger partial charge in [-0.15, -0.1) is 94.1 Å². The molecule has 4 nitrogen and oxygen atoms in total. The molecule has 7 aliphatic rings. The third-order valence-corrected chi connectivity index (χ3v) is 36.6. The number of thioether (sulfide) groups is 16. The minimum atomic E-state index is 0.644. The number of hydrogen-bond acceptors (Lipinski definition) is 20. The van der Waals surface area contributed by atoms with Crippen LogP contribution in [0.1, 0.15) is 148 Å². The number of fused-ring (bicyclic) bond motifs is 8. The van der Waals surface area contributed by atoms with Gasteiger partial charge in [0.05, 0.1) is 77.3 Å². The average molecular weight is 1420 g/mol. The van der Waals surface area contributed by atoms with Crippen molar-refractivity contribution >= 4 is 188 Å². The monoisotopic (exact) mass is 1420 g/mol. The molecule has 0 fully saturated rings. The highest BCUT2D eigenvalue weighted by atomic mass is 32.3. The van der Waals surface area contributed by atoms with Gasteiger partial charge in [0.1, 0.15) is 23.0 Å². The van der Waals surface area contributed by atoms with Crippen LogP contribution in [0.2, 0.25) is 0 Å². The van der Waals surface area contributed by atoms with E-state index in [2.05, 4.69) is 104 Å². The first-order chi connectivity index (χ1) is 41.2. The molecule has 448 valence electrons. The fourth-order valence-electron chi connectivity index (χ4n) is 10.3. The van der Waals surface area contributed by atoms with Crippen LogP contribution in [0.3, 0.4) is 0 Å². The van der Waals surface area contributed by atoms with E-state index in [1.807, 2.05) is 188 Å². The van der Waals surface area contributed by atoms with Gasteiger partial charge in [0, 0.05) is 48.7 Å². The van der Waals surface area contributed by atoms with E-state index in [9.17, 15) is 0 Å². The van der Waals surface area contributed by atoms with Gasteiger partial charge in [-0.3, -0.25) is 0 Å². The number of hydrogen-bond donors (Lipinski definition) is 0. The second-order valence-corrected chi connectivity index (χ2v) is 40.5. The third-order valence-electron chi connectivity index (χ3n) is 13.6. The zero-order valence-electron chi connectivity index (χ0n) is 48.9. The Balaban J connectivity index is 1.10. The molecule has 0 saturated carbocycles. The molecule has 84 heavy (non-hydrogen) atoms. The molecule has 0 atom stereocenters. The molecule has 20 heteroatoms. The van der Waals surface area contributed by atoms with Gasteiger partial charge < -0.3 is 18.9 Å². The molecule has 6 aliphatic heterocycles. The second-order valence-electron chi connectivity index (χ2n) is 20.2. The van der Waals surface area contributed by atoms with Crippen LogP contribution in [0.25, 0.3) is 0 Å². The van der Waals surface area contributed by atoms with Crippen LogP contribution in [0.4, 0.5) is 0 Å². The Hall–Kier alpha value is 0.120. The molecule has 12 bridgehead atoms. The summed E-state index contributed by atoms with van der Waals surface area (Å²) in [5, 5.41) is 0. The zero-order chi connectivity index (χ0) is 58.1. The fraction of sp³-hybridized carbons (Fsp3) is 0.438. The number of rotatable bonds is 20. The quantitative estimate of drug-likeness (QED) is 0.0741. The average Bonchev–Trinajstić information content (AvgIpc) is 2.65. The molecule has 4 aromatic rings. The van der Waals surface area contributed by atoms with E-state index in [-0.39, 0.29) is 0 Å². The summed E-state index contributed by atoms with van der Waals surface area (Å²) in [5.74, 6) is 11.9. The summed E-state index contributed by atoms with van der Waals surface area (Å²) >= 11 is 32.1. The van der Waals surface area contributed by atoms with E-state index in [1.54, 1.807) is 0 Å². The van der Waals surface area contributed by atoms with Gasteiger partial charge >= 0.3 is 0 Å². The predicted octanol–water partition coefficient (Wildman–Crippen LogP) is 24.2. The molecule has 0 aromatic heterocycles. The lowest BCUT2D eigenvalue weighted by Crippen LogP contribution is -2.11. The smallest absolute Gasteiger partial charge is 0.126 e. The van der Waals surface area contributed by atoms with Gasteiger partial charge in [0.25, 0.3) is 0 Å². The van der Waals surface area contributed by atoms with Gasteiger partial charge in [0.15, 0.2) is 0 Å². The lowest BCUT2D eigenvalue weighted by atomic mass is 9.88. The number of benzene rings is 4. The Bertz CT molecular complexity index is 2900. The maximum absolute atomic E-state index is 7.15. The van der Waals surface area contributed by atoms with Crippen LogP contribution < -0.4 is 18.9 Å². The normalized spacial score (nSPS) is 18.0. The molecule has 0 amide bonds. The van der Waals surface area contributed by atoms with E-state index in [1.165, 1.54) is 118 Å². The highest BCUT2D eigenvalue weighted by Gasteiger charge is 2.34. The van der Waals surface area contributed by atoms with Crippen molar-refractivity contribution in [2.24, 2.45) is 0 Å².